The van der Waals surface area contributed by atoms with Crippen molar-refractivity contribution in [1.29, 1.82) is 0 Å². The zero-order chi connectivity index (χ0) is 10.7. The summed E-state index contributed by atoms with van der Waals surface area (Å²) >= 11 is 20.3. The summed E-state index contributed by atoms with van der Waals surface area (Å²) in [5.41, 5.74) is 0.450. The number of nitrogens with one attached hydrogen (secondary N) is 1. The zero-order valence-corrected chi connectivity index (χ0v) is 10.6. The molecule has 0 aliphatic rings. The van der Waals surface area contributed by atoms with Gasteiger partial charge in [-0.25, -0.2) is 0 Å². The van der Waals surface area contributed by atoms with Crippen molar-refractivity contribution in [1.82, 2.24) is 0 Å². The van der Waals surface area contributed by atoms with Gasteiger partial charge in [0.2, 0.25) is 5.91 Å². The summed E-state index contributed by atoms with van der Waals surface area (Å²) in [7, 11) is 0. The molecule has 1 amide bonds. The van der Waals surface area contributed by atoms with Gasteiger partial charge in [-0.05, 0) is 28.1 Å². The predicted octanol–water partition coefficient (Wildman–Crippen LogP) is 3.93. The molecule has 0 aliphatic heterocycles. The van der Waals surface area contributed by atoms with Gasteiger partial charge in [-0.15, -0.1) is 11.6 Å². The van der Waals surface area contributed by atoms with Crippen molar-refractivity contribution in [3.05, 3.63) is 26.7 Å². The largest absolute Gasteiger partial charge is 0.324 e. The molecule has 76 valence electrons. The SMILES string of the molecule is O=C(CCl)Nc1ccc(Br)c(Cl)c1Cl. The zero-order valence-electron chi connectivity index (χ0n) is 6.78. The predicted molar refractivity (Wildman–Crippen MR) is 63.5 cm³/mol. The molecule has 0 unspecified atom stereocenters. The van der Waals surface area contributed by atoms with Crippen LogP contribution in [0.15, 0.2) is 16.6 Å². The van der Waals surface area contributed by atoms with E-state index in [0.717, 1.165) is 0 Å². The van der Waals surface area contributed by atoms with Gasteiger partial charge in [0.15, 0.2) is 0 Å². The Labute approximate surface area is 105 Å². The van der Waals surface area contributed by atoms with Gasteiger partial charge in [0.05, 0.1) is 15.7 Å². The minimum atomic E-state index is -0.327. The Balaban J connectivity index is 3.00. The molecule has 14 heavy (non-hydrogen) atoms. The van der Waals surface area contributed by atoms with Crippen LogP contribution in [0, 0.1) is 0 Å². The van der Waals surface area contributed by atoms with Crippen LogP contribution in [0.3, 0.4) is 0 Å². The number of carbonyl (C=O) groups excluding carboxylic acids is 1. The van der Waals surface area contributed by atoms with E-state index < -0.39 is 0 Å². The number of hydrogen-bond donors (Lipinski definition) is 1. The van der Waals surface area contributed by atoms with E-state index in [0.29, 0.717) is 20.2 Å². The molecule has 0 saturated heterocycles. The fourth-order valence-corrected chi connectivity index (χ4v) is 1.69. The molecule has 1 N–H and O–H groups in total. The first kappa shape index (κ1) is 12.1. The maximum atomic E-state index is 11.0. The highest BCUT2D eigenvalue weighted by Gasteiger charge is 2.10. The van der Waals surface area contributed by atoms with E-state index >= 15 is 0 Å². The summed E-state index contributed by atoms with van der Waals surface area (Å²) in [5, 5.41) is 3.17. The van der Waals surface area contributed by atoms with Crippen LogP contribution >= 0.6 is 50.7 Å². The van der Waals surface area contributed by atoms with Crippen LogP contribution in [0.2, 0.25) is 10.0 Å². The Kier molecular flexibility index (Phi) is 4.51. The number of benzene rings is 1. The topological polar surface area (TPSA) is 29.1 Å². The van der Waals surface area contributed by atoms with Crippen LogP contribution in [0.5, 0.6) is 0 Å². The molecule has 1 aromatic carbocycles. The van der Waals surface area contributed by atoms with E-state index in [1.807, 2.05) is 0 Å². The highest BCUT2D eigenvalue weighted by atomic mass is 79.9. The molecule has 0 atom stereocenters. The van der Waals surface area contributed by atoms with E-state index in [4.69, 9.17) is 34.8 Å². The fourth-order valence-electron chi connectivity index (χ4n) is 0.806. The quantitative estimate of drug-likeness (QED) is 0.650. The molecule has 0 bridgehead atoms. The standard InChI is InChI=1S/C8H5BrCl3NO/c9-4-1-2-5(8(12)7(4)11)13-6(14)3-10/h1-2H,3H2,(H,13,14). The van der Waals surface area contributed by atoms with Crippen molar-refractivity contribution in [2.45, 2.75) is 0 Å². The van der Waals surface area contributed by atoms with Gasteiger partial charge in [-0.2, -0.15) is 0 Å². The lowest BCUT2D eigenvalue weighted by molar-refractivity contribution is -0.113. The van der Waals surface area contributed by atoms with Crippen molar-refractivity contribution in [2.24, 2.45) is 0 Å². The highest BCUT2D eigenvalue weighted by Crippen LogP contribution is 2.35. The monoisotopic (exact) mass is 315 g/mol. The van der Waals surface area contributed by atoms with Gasteiger partial charge in [0.1, 0.15) is 5.88 Å². The molecule has 2 nitrogen and oxygen atoms in total. The van der Waals surface area contributed by atoms with Gasteiger partial charge >= 0.3 is 0 Å². The number of alkyl halides is 1. The molecule has 0 heterocycles. The van der Waals surface area contributed by atoms with E-state index in [2.05, 4.69) is 21.2 Å². The van der Waals surface area contributed by atoms with Crippen LogP contribution in [0.25, 0.3) is 0 Å². The van der Waals surface area contributed by atoms with Crippen LogP contribution < -0.4 is 5.32 Å². The maximum absolute atomic E-state index is 11.0. The minimum absolute atomic E-state index is 0.121. The fraction of sp³-hybridized carbons (Fsp3) is 0.125. The lowest BCUT2D eigenvalue weighted by atomic mass is 10.3. The Morgan fingerprint density at radius 1 is 1.36 bits per heavy atom. The first-order valence-electron chi connectivity index (χ1n) is 3.55. The number of hydrogen-bond acceptors (Lipinski definition) is 1. The van der Waals surface area contributed by atoms with Gasteiger partial charge in [0, 0.05) is 4.47 Å². The third-order valence-electron chi connectivity index (χ3n) is 1.43. The number of rotatable bonds is 2. The molecule has 0 radical (unpaired) electrons. The average molecular weight is 317 g/mol. The number of halogens is 4. The smallest absolute Gasteiger partial charge is 0.239 e. The van der Waals surface area contributed by atoms with Crippen molar-refractivity contribution < 1.29 is 4.79 Å². The van der Waals surface area contributed by atoms with Gasteiger partial charge in [0.25, 0.3) is 0 Å². The lowest BCUT2D eigenvalue weighted by Crippen LogP contribution is -2.12. The first-order valence-corrected chi connectivity index (χ1v) is 5.64. The second-order valence-electron chi connectivity index (χ2n) is 2.40. The molecule has 1 rings (SSSR count). The molecule has 0 aliphatic carbocycles. The van der Waals surface area contributed by atoms with E-state index in [1.165, 1.54) is 0 Å². The molecule has 0 aromatic heterocycles. The number of amides is 1. The molecular formula is C8H5BrCl3NO. The second-order valence-corrected chi connectivity index (χ2v) is 4.28. The van der Waals surface area contributed by atoms with Gasteiger partial charge in [-0.1, -0.05) is 23.2 Å². The first-order chi connectivity index (χ1) is 6.56. The van der Waals surface area contributed by atoms with Gasteiger partial charge < -0.3 is 5.32 Å². The third kappa shape index (κ3) is 2.76. The van der Waals surface area contributed by atoms with Gasteiger partial charge in [-0.3, -0.25) is 4.79 Å². The normalized spacial score (nSPS) is 10.0. The number of anilines is 1. The Morgan fingerprint density at radius 2 is 2.00 bits per heavy atom. The van der Waals surface area contributed by atoms with E-state index in [1.54, 1.807) is 12.1 Å². The van der Waals surface area contributed by atoms with Crippen LogP contribution in [0.4, 0.5) is 5.69 Å². The third-order valence-corrected chi connectivity index (χ3v) is 3.44. The minimum Gasteiger partial charge on any atom is -0.324 e. The van der Waals surface area contributed by atoms with Crippen LogP contribution in [-0.4, -0.2) is 11.8 Å². The van der Waals surface area contributed by atoms with Crippen molar-refractivity contribution in [2.75, 3.05) is 11.2 Å². The Morgan fingerprint density at radius 3 is 2.57 bits per heavy atom. The van der Waals surface area contributed by atoms with E-state index in [-0.39, 0.29) is 11.8 Å². The number of carbonyl (C=O) groups is 1. The lowest BCUT2D eigenvalue weighted by Gasteiger charge is -2.07. The summed E-state index contributed by atoms with van der Waals surface area (Å²) in [6, 6.07) is 3.33. The molecule has 1 aromatic rings. The summed E-state index contributed by atoms with van der Waals surface area (Å²) in [4.78, 5) is 11.0. The molecule has 0 saturated carbocycles. The summed E-state index contributed by atoms with van der Waals surface area (Å²) < 4.78 is 0.674. The molecule has 0 fully saturated rings. The van der Waals surface area contributed by atoms with Crippen LogP contribution in [0.1, 0.15) is 0 Å². The van der Waals surface area contributed by atoms with Crippen molar-refractivity contribution in [3.63, 3.8) is 0 Å². The van der Waals surface area contributed by atoms with E-state index in [9.17, 15) is 4.79 Å². The Bertz CT molecular complexity index is 370. The summed E-state index contributed by atoms with van der Waals surface area (Å²) in [5.74, 6) is -0.448. The summed E-state index contributed by atoms with van der Waals surface area (Å²) in [6.45, 7) is 0. The van der Waals surface area contributed by atoms with Crippen LogP contribution in [-0.2, 0) is 4.79 Å². The Hall–Kier alpha value is 0.0400. The van der Waals surface area contributed by atoms with Crippen molar-refractivity contribution >= 4 is 62.3 Å². The highest BCUT2D eigenvalue weighted by molar-refractivity contribution is 9.10. The molecule has 6 heteroatoms. The maximum Gasteiger partial charge on any atom is 0.239 e. The second kappa shape index (κ2) is 5.21. The molecule has 0 spiro atoms. The average Bonchev–Trinajstić information content (AvgIpc) is 2.19. The molecular weight excluding hydrogens is 312 g/mol. The summed E-state index contributed by atoms with van der Waals surface area (Å²) in [6.07, 6.45) is 0. The van der Waals surface area contributed by atoms with Crippen molar-refractivity contribution in [3.8, 4) is 0 Å².